The van der Waals surface area contributed by atoms with Gasteiger partial charge in [-0.1, -0.05) is 22.0 Å². The van der Waals surface area contributed by atoms with Crippen molar-refractivity contribution < 1.29 is 4.74 Å². The molecule has 0 amide bonds. The lowest BCUT2D eigenvalue weighted by Gasteiger charge is -2.21. The van der Waals surface area contributed by atoms with Crippen LogP contribution < -0.4 is 10.1 Å². The highest BCUT2D eigenvalue weighted by Crippen LogP contribution is 2.26. The van der Waals surface area contributed by atoms with Gasteiger partial charge in [0.05, 0.1) is 0 Å². The third-order valence-electron chi connectivity index (χ3n) is 2.69. The van der Waals surface area contributed by atoms with Crippen molar-refractivity contribution >= 4 is 15.9 Å². The van der Waals surface area contributed by atoms with Crippen LogP contribution in [0.2, 0.25) is 0 Å². The number of hydrogen-bond donors (Lipinski definition) is 1. The Labute approximate surface area is 128 Å². The van der Waals surface area contributed by atoms with Crippen LogP contribution in [0.3, 0.4) is 0 Å². The highest BCUT2D eigenvalue weighted by molar-refractivity contribution is 9.10. The zero-order valence-electron chi connectivity index (χ0n) is 12.0. The Bertz CT molecular complexity index is 579. The summed E-state index contributed by atoms with van der Waals surface area (Å²) >= 11 is 3.45. The molecule has 0 saturated carbocycles. The van der Waals surface area contributed by atoms with Gasteiger partial charge in [-0.3, -0.25) is 4.98 Å². The quantitative estimate of drug-likeness (QED) is 0.892. The summed E-state index contributed by atoms with van der Waals surface area (Å²) in [5, 5.41) is 3.45. The van der Waals surface area contributed by atoms with Crippen molar-refractivity contribution in [3.63, 3.8) is 0 Å². The summed E-state index contributed by atoms with van der Waals surface area (Å²) in [5.74, 6) is 1.64. The first-order chi connectivity index (χ1) is 9.44. The highest BCUT2D eigenvalue weighted by Gasteiger charge is 2.11. The minimum absolute atomic E-state index is 0.0584. The van der Waals surface area contributed by atoms with E-state index in [-0.39, 0.29) is 5.54 Å². The van der Waals surface area contributed by atoms with Crippen LogP contribution in [-0.2, 0) is 6.54 Å². The molecule has 0 aliphatic heterocycles. The minimum atomic E-state index is 0.0584. The Hall–Kier alpha value is -1.39. The maximum absolute atomic E-state index is 5.95. The largest absolute Gasteiger partial charge is 0.457 e. The van der Waals surface area contributed by atoms with Crippen molar-refractivity contribution in [1.29, 1.82) is 0 Å². The zero-order valence-corrected chi connectivity index (χ0v) is 13.6. The van der Waals surface area contributed by atoms with Crippen molar-refractivity contribution in [3.8, 4) is 11.5 Å². The summed E-state index contributed by atoms with van der Waals surface area (Å²) in [4.78, 5) is 4.18. The first kappa shape index (κ1) is 15.0. The molecule has 1 N–H and O–H groups in total. The van der Waals surface area contributed by atoms with E-state index in [1.165, 1.54) is 0 Å². The predicted octanol–water partition coefficient (Wildman–Crippen LogP) is 4.52. The molecular weight excluding hydrogens is 316 g/mol. The van der Waals surface area contributed by atoms with E-state index >= 15 is 0 Å². The molecule has 1 aromatic heterocycles. The summed E-state index contributed by atoms with van der Waals surface area (Å²) in [5.41, 5.74) is 1.10. The predicted molar refractivity (Wildman–Crippen MR) is 85.0 cm³/mol. The number of benzene rings is 1. The monoisotopic (exact) mass is 334 g/mol. The SMILES string of the molecule is CC(C)(C)NCc1cnccc1Oc1cccc(Br)c1. The second kappa shape index (κ2) is 6.37. The number of nitrogens with one attached hydrogen (secondary N) is 1. The molecule has 0 aliphatic rings. The summed E-state index contributed by atoms with van der Waals surface area (Å²) < 4.78 is 6.94. The highest BCUT2D eigenvalue weighted by atomic mass is 79.9. The summed E-state index contributed by atoms with van der Waals surface area (Å²) in [6.07, 6.45) is 3.58. The van der Waals surface area contributed by atoms with Crippen LogP contribution in [0.15, 0.2) is 47.2 Å². The number of hydrogen-bond acceptors (Lipinski definition) is 3. The Balaban J connectivity index is 2.15. The molecule has 0 radical (unpaired) electrons. The Morgan fingerprint density at radius 3 is 2.75 bits per heavy atom. The lowest BCUT2D eigenvalue weighted by atomic mass is 10.1. The fraction of sp³-hybridized carbons (Fsp3) is 0.312. The second-order valence-electron chi connectivity index (χ2n) is 5.65. The molecule has 1 heterocycles. The molecule has 0 spiro atoms. The van der Waals surface area contributed by atoms with Crippen molar-refractivity contribution in [2.45, 2.75) is 32.9 Å². The van der Waals surface area contributed by atoms with E-state index in [0.717, 1.165) is 28.1 Å². The molecule has 0 saturated heterocycles. The number of halogens is 1. The average molecular weight is 335 g/mol. The Morgan fingerprint density at radius 2 is 2.05 bits per heavy atom. The van der Waals surface area contributed by atoms with Gasteiger partial charge < -0.3 is 10.1 Å². The van der Waals surface area contributed by atoms with Crippen molar-refractivity contribution in [2.75, 3.05) is 0 Å². The fourth-order valence-corrected chi connectivity index (χ4v) is 2.04. The lowest BCUT2D eigenvalue weighted by Crippen LogP contribution is -2.35. The van der Waals surface area contributed by atoms with Gasteiger partial charge in [-0.2, -0.15) is 0 Å². The second-order valence-corrected chi connectivity index (χ2v) is 6.56. The van der Waals surface area contributed by atoms with Gasteiger partial charge in [-0.15, -0.1) is 0 Å². The van der Waals surface area contributed by atoms with Gasteiger partial charge in [0.1, 0.15) is 11.5 Å². The smallest absolute Gasteiger partial charge is 0.134 e. The Kier molecular flexibility index (Phi) is 4.78. The van der Waals surface area contributed by atoms with Crippen molar-refractivity contribution in [3.05, 3.63) is 52.8 Å². The molecular formula is C16H19BrN2O. The van der Waals surface area contributed by atoms with Gasteiger partial charge in [-0.05, 0) is 45.0 Å². The van der Waals surface area contributed by atoms with Crippen LogP contribution in [0.1, 0.15) is 26.3 Å². The van der Waals surface area contributed by atoms with Crippen LogP contribution in [-0.4, -0.2) is 10.5 Å². The van der Waals surface area contributed by atoms with Gasteiger partial charge in [0.25, 0.3) is 0 Å². The third kappa shape index (κ3) is 4.62. The molecule has 2 aromatic rings. The van der Waals surface area contributed by atoms with Crippen molar-refractivity contribution in [2.24, 2.45) is 0 Å². The maximum atomic E-state index is 5.95. The maximum Gasteiger partial charge on any atom is 0.134 e. The van der Waals surface area contributed by atoms with E-state index < -0.39 is 0 Å². The summed E-state index contributed by atoms with van der Waals surface area (Å²) in [7, 11) is 0. The number of nitrogens with zero attached hydrogens (tertiary/aromatic N) is 1. The zero-order chi connectivity index (χ0) is 14.6. The molecule has 2 rings (SSSR count). The van der Waals surface area contributed by atoms with Crippen LogP contribution in [0.25, 0.3) is 0 Å². The lowest BCUT2D eigenvalue weighted by molar-refractivity contribution is 0.413. The first-order valence-electron chi connectivity index (χ1n) is 6.55. The van der Waals surface area contributed by atoms with Gasteiger partial charge in [-0.25, -0.2) is 0 Å². The number of ether oxygens (including phenoxy) is 1. The van der Waals surface area contributed by atoms with E-state index in [9.17, 15) is 0 Å². The number of rotatable bonds is 4. The molecule has 106 valence electrons. The average Bonchev–Trinajstić information content (AvgIpc) is 2.37. The molecule has 0 atom stereocenters. The van der Waals surface area contributed by atoms with E-state index in [4.69, 9.17) is 4.74 Å². The van der Waals surface area contributed by atoms with Gasteiger partial charge in [0.2, 0.25) is 0 Å². The van der Waals surface area contributed by atoms with E-state index in [0.29, 0.717) is 0 Å². The molecule has 0 aliphatic carbocycles. The van der Waals surface area contributed by atoms with E-state index in [1.54, 1.807) is 6.20 Å². The summed E-state index contributed by atoms with van der Waals surface area (Å²) in [6.45, 7) is 7.13. The van der Waals surface area contributed by atoms with E-state index in [1.807, 2.05) is 36.5 Å². The molecule has 3 nitrogen and oxygen atoms in total. The van der Waals surface area contributed by atoms with Crippen LogP contribution in [0.5, 0.6) is 11.5 Å². The molecule has 4 heteroatoms. The Morgan fingerprint density at radius 1 is 1.25 bits per heavy atom. The fourth-order valence-electron chi connectivity index (χ4n) is 1.66. The minimum Gasteiger partial charge on any atom is -0.457 e. The molecule has 0 bridgehead atoms. The van der Waals surface area contributed by atoms with Crippen LogP contribution in [0.4, 0.5) is 0 Å². The van der Waals surface area contributed by atoms with Crippen molar-refractivity contribution in [1.82, 2.24) is 10.3 Å². The number of aromatic nitrogens is 1. The standard InChI is InChI=1S/C16H19BrN2O/c1-16(2,3)19-11-12-10-18-8-7-15(12)20-14-6-4-5-13(17)9-14/h4-10,19H,11H2,1-3H3. The first-order valence-corrected chi connectivity index (χ1v) is 7.35. The van der Waals surface area contributed by atoms with Gasteiger partial charge in [0, 0.05) is 34.5 Å². The van der Waals surface area contributed by atoms with E-state index in [2.05, 4.69) is 47.0 Å². The molecule has 20 heavy (non-hydrogen) atoms. The summed E-state index contributed by atoms with van der Waals surface area (Å²) in [6, 6.07) is 9.70. The third-order valence-corrected chi connectivity index (χ3v) is 3.19. The molecule has 0 unspecified atom stereocenters. The van der Waals surface area contributed by atoms with Crippen LogP contribution in [0, 0.1) is 0 Å². The molecule has 0 fully saturated rings. The topological polar surface area (TPSA) is 34.2 Å². The van der Waals surface area contributed by atoms with Gasteiger partial charge >= 0.3 is 0 Å². The number of pyridine rings is 1. The van der Waals surface area contributed by atoms with Crippen LogP contribution >= 0.6 is 15.9 Å². The normalized spacial score (nSPS) is 11.4. The van der Waals surface area contributed by atoms with Gasteiger partial charge in [0.15, 0.2) is 0 Å². The molecule has 1 aromatic carbocycles.